The summed E-state index contributed by atoms with van der Waals surface area (Å²) in [4.78, 5) is 11.7. The van der Waals surface area contributed by atoms with Crippen LogP contribution in [0.25, 0.3) is 22.3 Å². The van der Waals surface area contributed by atoms with Gasteiger partial charge in [-0.25, -0.2) is 4.79 Å². The lowest BCUT2D eigenvalue weighted by Gasteiger charge is -2.08. The van der Waals surface area contributed by atoms with Crippen LogP contribution in [-0.2, 0) is 4.74 Å². The number of fused-ring (bicyclic) bond motifs is 1. The number of thiophene rings is 1. The van der Waals surface area contributed by atoms with Gasteiger partial charge in [0.15, 0.2) is 5.69 Å². The first-order valence-corrected chi connectivity index (χ1v) is 6.66. The fourth-order valence-electron chi connectivity index (χ4n) is 2.17. The lowest BCUT2D eigenvalue weighted by molar-refractivity contribution is 0.0585. The molecule has 0 bridgehead atoms. The van der Waals surface area contributed by atoms with E-state index in [1.165, 1.54) is 7.11 Å². The largest absolute Gasteiger partial charge is 0.464 e. The molecule has 1 aromatic heterocycles. The number of aryl methyl sites for hydroxylation is 1. The predicted octanol–water partition coefficient (Wildman–Crippen LogP) is 3.60. The fourth-order valence-corrected chi connectivity index (χ4v) is 2.82. The van der Waals surface area contributed by atoms with Crippen molar-refractivity contribution in [3.8, 4) is 22.3 Å². The Morgan fingerprint density at radius 2 is 2.11 bits per heavy atom. The average molecular weight is 273 g/mol. The number of carbonyl (C=O) groups excluding carboxylic acids is 1. The van der Waals surface area contributed by atoms with Crippen molar-refractivity contribution in [1.29, 1.82) is 0 Å². The molecule has 96 valence electrons. The molecule has 19 heavy (non-hydrogen) atoms. The van der Waals surface area contributed by atoms with Crippen molar-refractivity contribution in [2.24, 2.45) is 0 Å². The number of nitrogens with zero attached hydrogens (tertiary/aromatic N) is 1. The first kappa shape index (κ1) is 11.9. The normalized spacial score (nSPS) is 10.8. The SMILES string of the molecule is COC(=O)c1noc(C)c2c(-c3ccsc3)ccc1-2. The molecule has 3 rings (SSSR count). The summed E-state index contributed by atoms with van der Waals surface area (Å²) in [6.07, 6.45) is 0. The Labute approximate surface area is 114 Å². The van der Waals surface area contributed by atoms with Gasteiger partial charge in [-0.05, 0) is 34.9 Å². The average Bonchev–Trinajstić information content (AvgIpc) is 3.06. The van der Waals surface area contributed by atoms with Gasteiger partial charge in [-0.1, -0.05) is 17.3 Å². The smallest absolute Gasteiger partial charge is 0.360 e. The molecule has 5 heteroatoms. The van der Waals surface area contributed by atoms with E-state index in [1.54, 1.807) is 11.3 Å². The monoisotopic (exact) mass is 273 g/mol. The van der Waals surface area contributed by atoms with Crippen LogP contribution in [0.4, 0.5) is 0 Å². The molecule has 0 radical (unpaired) electrons. The summed E-state index contributed by atoms with van der Waals surface area (Å²) in [5.74, 6) is 0.199. The van der Waals surface area contributed by atoms with Crippen molar-refractivity contribution in [2.75, 3.05) is 7.11 Å². The second-order valence-electron chi connectivity index (χ2n) is 4.13. The molecule has 0 aromatic carbocycles. The maximum absolute atomic E-state index is 11.7. The van der Waals surface area contributed by atoms with Crippen LogP contribution in [0.3, 0.4) is 0 Å². The van der Waals surface area contributed by atoms with Gasteiger partial charge in [0.05, 0.1) is 7.11 Å². The summed E-state index contributed by atoms with van der Waals surface area (Å²) in [7, 11) is 1.33. The van der Waals surface area contributed by atoms with E-state index in [1.807, 2.05) is 30.5 Å². The topological polar surface area (TPSA) is 52.3 Å². The van der Waals surface area contributed by atoms with E-state index >= 15 is 0 Å². The first-order valence-electron chi connectivity index (χ1n) is 5.72. The molecule has 1 aliphatic heterocycles. The van der Waals surface area contributed by atoms with Crippen LogP contribution in [0.5, 0.6) is 0 Å². The lowest BCUT2D eigenvalue weighted by atomic mass is 10.0. The number of hydrogen-bond donors (Lipinski definition) is 0. The Hall–Kier alpha value is -2.14. The zero-order valence-electron chi connectivity index (χ0n) is 10.5. The van der Waals surface area contributed by atoms with Crippen molar-refractivity contribution in [2.45, 2.75) is 6.92 Å². The van der Waals surface area contributed by atoms with Crippen LogP contribution < -0.4 is 0 Å². The Morgan fingerprint density at radius 1 is 1.32 bits per heavy atom. The molecule has 0 unspecified atom stereocenters. The Kier molecular flexibility index (Phi) is 2.83. The highest BCUT2D eigenvalue weighted by atomic mass is 32.1. The van der Waals surface area contributed by atoms with Gasteiger partial charge >= 0.3 is 5.97 Å². The van der Waals surface area contributed by atoms with Gasteiger partial charge in [0, 0.05) is 11.1 Å². The molecule has 0 N–H and O–H groups in total. The number of ether oxygens (including phenoxy) is 1. The summed E-state index contributed by atoms with van der Waals surface area (Å²) < 4.78 is 9.97. The molecular formula is C14H11NO3S. The van der Waals surface area contributed by atoms with Gasteiger partial charge in [-0.15, -0.1) is 0 Å². The minimum atomic E-state index is -0.490. The van der Waals surface area contributed by atoms with E-state index in [9.17, 15) is 4.79 Å². The van der Waals surface area contributed by atoms with Gasteiger partial charge in [-0.2, -0.15) is 11.3 Å². The Morgan fingerprint density at radius 3 is 2.79 bits per heavy atom. The summed E-state index contributed by atoms with van der Waals surface area (Å²) in [5.41, 5.74) is 4.04. The van der Waals surface area contributed by atoms with Gasteiger partial charge in [-0.3, -0.25) is 0 Å². The third-order valence-corrected chi connectivity index (χ3v) is 3.73. The number of hydrogen-bond acceptors (Lipinski definition) is 5. The van der Waals surface area contributed by atoms with Crippen molar-refractivity contribution in [3.05, 3.63) is 40.4 Å². The van der Waals surface area contributed by atoms with Gasteiger partial charge in [0.25, 0.3) is 0 Å². The van der Waals surface area contributed by atoms with E-state index in [0.29, 0.717) is 5.76 Å². The predicted molar refractivity (Wildman–Crippen MR) is 72.5 cm³/mol. The third kappa shape index (κ3) is 1.82. The lowest BCUT2D eigenvalue weighted by Crippen LogP contribution is -2.07. The number of carbonyl (C=O) groups is 1. The minimum absolute atomic E-state index is 0.213. The zero-order valence-corrected chi connectivity index (χ0v) is 11.3. The van der Waals surface area contributed by atoms with E-state index < -0.39 is 5.97 Å². The van der Waals surface area contributed by atoms with Crippen molar-refractivity contribution in [3.63, 3.8) is 0 Å². The number of esters is 1. The Balaban J connectivity index is 2.23. The summed E-state index contributed by atoms with van der Waals surface area (Å²) >= 11 is 1.63. The molecule has 0 saturated heterocycles. The summed E-state index contributed by atoms with van der Waals surface area (Å²) in [5, 5.41) is 7.90. The second kappa shape index (κ2) is 4.51. The molecule has 2 aliphatic rings. The molecule has 1 aromatic rings. The zero-order chi connectivity index (χ0) is 13.4. The first-order chi connectivity index (χ1) is 9.22. The quantitative estimate of drug-likeness (QED) is 0.669. The van der Waals surface area contributed by atoms with Gasteiger partial charge in [0.1, 0.15) is 5.76 Å². The minimum Gasteiger partial charge on any atom is -0.464 e. The standard InChI is InChI=1S/C14H11NO3S/c1-8-12-10(9-5-6-19-7-9)3-4-11(12)13(15-18-8)14(16)17-2/h3-7H,1-2H3. The molecule has 0 fully saturated rings. The van der Waals surface area contributed by atoms with E-state index in [2.05, 4.69) is 10.5 Å². The fraction of sp³-hybridized carbons (Fsp3) is 0.143. The molecule has 0 spiro atoms. The third-order valence-electron chi connectivity index (χ3n) is 3.05. The summed E-state index contributed by atoms with van der Waals surface area (Å²) in [6, 6.07) is 5.89. The van der Waals surface area contributed by atoms with Crippen LogP contribution >= 0.6 is 11.3 Å². The van der Waals surface area contributed by atoms with Crippen molar-refractivity contribution in [1.82, 2.24) is 5.16 Å². The molecule has 0 saturated carbocycles. The van der Waals surface area contributed by atoms with Crippen molar-refractivity contribution < 1.29 is 14.1 Å². The van der Waals surface area contributed by atoms with E-state index in [0.717, 1.165) is 22.3 Å². The Bertz CT molecular complexity index is 700. The van der Waals surface area contributed by atoms with Crippen LogP contribution in [0.15, 0.2) is 33.5 Å². The molecule has 0 atom stereocenters. The van der Waals surface area contributed by atoms with Crippen LogP contribution in [0.1, 0.15) is 16.2 Å². The molecule has 1 aliphatic carbocycles. The highest BCUT2D eigenvalue weighted by Gasteiger charge is 2.24. The highest BCUT2D eigenvalue weighted by molar-refractivity contribution is 7.08. The van der Waals surface area contributed by atoms with Crippen LogP contribution in [-0.4, -0.2) is 18.2 Å². The molecule has 4 nitrogen and oxygen atoms in total. The molecular weight excluding hydrogens is 262 g/mol. The molecule has 0 amide bonds. The second-order valence-corrected chi connectivity index (χ2v) is 4.91. The number of methoxy groups -OCH3 is 1. The van der Waals surface area contributed by atoms with Crippen LogP contribution in [0.2, 0.25) is 0 Å². The van der Waals surface area contributed by atoms with Gasteiger partial charge in [0.2, 0.25) is 0 Å². The highest BCUT2D eigenvalue weighted by Crippen LogP contribution is 2.40. The van der Waals surface area contributed by atoms with Gasteiger partial charge < -0.3 is 9.26 Å². The molecule has 2 heterocycles. The number of aromatic nitrogens is 1. The maximum Gasteiger partial charge on any atom is 0.360 e. The maximum atomic E-state index is 11.7. The summed E-state index contributed by atoms with van der Waals surface area (Å²) in [6.45, 7) is 1.84. The van der Waals surface area contributed by atoms with E-state index in [-0.39, 0.29) is 5.69 Å². The van der Waals surface area contributed by atoms with Crippen LogP contribution in [0, 0.1) is 6.92 Å². The number of rotatable bonds is 2. The van der Waals surface area contributed by atoms with E-state index in [4.69, 9.17) is 9.26 Å². The van der Waals surface area contributed by atoms with Crippen molar-refractivity contribution >= 4 is 17.3 Å².